The summed E-state index contributed by atoms with van der Waals surface area (Å²) in [4.78, 5) is 4.83. The van der Waals surface area contributed by atoms with Gasteiger partial charge in [-0.05, 0) is 23.3 Å². The molecule has 4 rings (SSSR count). The molecule has 0 aliphatic carbocycles. The Morgan fingerprint density at radius 2 is 1.31 bits per heavy atom. The number of benzene rings is 3. The van der Waals surface area contributed by atoms with Gasteiger partial charge in [-0.1, -0.05) is 79.7 Å². The summed E-state index contributed by atoms with van der Waals surface area (Å²) in [5.74, 6) is 0.631. The minimum absolute atomic E-state index is 0.232. The zero-order valence-corrected chi connectivity index (χ0v) is 15.0. The van der Waals surface area contributed by atoms with Crippen molar-refractivity contribution in [3.8, 4) is 0 Å². The van der Waals surface area contributed by atoms with Crippen LogP contribution in [-0.2, 0) is 12.6 Å². The average molecular weight is 342 g/mol. The number of rotatable bonds is 4. The van der Waals surface area contributed by atoms with Crippen molar-refractivity contribution in [2.24, 2.45) is 7.05 Å². The Labute approximate surface area is 153 Å². The third-order valence-electron chi connectivity index (χ3n) is 5.26. The summed E-state index contributed by atoms with van der Waals surface area (Å²) in [6.07, 6.45) is 0. The summed E-state index contributed by atoms with van der Waals surface area (Å²) in [5, 5.41) is 12.0. The smallest absolute Gasteiger partial charge is 0.124 e. The van der Waals surface area contributed by atoms with Gasteiger partial charge < -0.3 is 9.67 Å². The highest BCUT2D eigenvalue weighted by molar-refractivity contribution is 5.76. The first-order valence-electron chi connectivity index (χ1n) is 8.87. The molecule has 3 nitrogen and oxygen atoms in total. The number of hydrogen-bond acceptors (Lipinski definition) is 2. The summed E-state index contributed by atoms with van der Waals surface area (Å²) in [6.45, 7) is 2.04. The summed E-state index contributed by atoms with van der Waals surface area (Å²) < 4.78 is 2.08. The van der Waals surface area contributed by atoms with Gasteiger partial charge in [-0.25, -0.2) is 4.98 Å². The van der Waals surface area contributed by atoms with Crippen LogP contribution in [-0.4, -0.2) is 14.7 Å². The maximum absolute atomic E-state index is 12.0. The van der Waals surface area contributed by atoms with Crippen molar-refractivity contribution in [3.05, 3.63) is 102 Å². The number of aliphatic hydroxyl groups is 1. The second-order valence-corrected chi connectivity index (χ2v) is 6.74. The van der Waals surface area contributed by atoms with E-state index in [2.05, 4.69) is 10.6 Å². The predicted molar refractivity (Wildman–Crippen MR) is 105 cm³/mol. The van der Waals surface area contributed by atoms with Crippen LogP contribution in [0.4, 0.5) is 0 Å². The van der Waals surface area contributed by atoms with Gasteiger partial charge in [0, 0.05) is 7.05 Å². The Bertz CT molecular complexity index is 982. The third-order valence-corrected chi connectivity index (χ3v) is 5.26. The molecule has 3 aromatic carbocycles. The van der Waals surface area contributed by atoms with Crippen LogP contribution in [0.15, 0.2) is 84.9 Å². The number of aromatic nitrogens is 2. The first-order valence-corrected chi connectivity index (χ1v) is 8.87. The first-order chi connectivity index (χ1) is 12.6. The second kappa shape index (κ2) is 6.43. The lowest BCUT2D eigenvalue weighted by Gasteiger charge is -2.35. The highest BCUT2D eigenvalue weighted by Gasteiger charge is 2.40. The summed E-state index contributed by atoms with van der Waals surface area (Å²) in [6, 6.07) is 27.8. The largest absolute Gasteiger partial charge is 0.380 e. The first kappa shape index (κ1) is 16.6. The Balaban J connectivity index is 1.93. The van der Waals surface area contributed by atoms with Gasteiger partial charge in [-0.15, -0.1) is 0 Å². The molecule has 0 saturated heterocycles. The summed E-state index contributed by atoms with van der Waals surface area (Å²) in [5.41, 5.74) is 2.58. The van der Waals surface area contributed by atoms with E-state index in [1.807, 2.05) is 92.8 Å². The fourth-order valence-corrected chi connectivity index (χ4v) is 3.79. The minimum atomic E-state index is -1.17. The van der Waals surface area contributed by atoms with Gasteiger partial charge in [0.2, 0.25) is 0 Å². The van der Waals surface area contributed by atoms with Crippen LogP contribution < -0.4 is 0 Å². The van der Waals surface area contributed by atoms with Crippen molar-refractivity contribution in [3.63, 3.8) is 0 Å². The predicted octanol–water partition coefficient (Wildman–Crippen LogP) is 4.61. The highest BCUT2D eigenvalue weighted by atomic mass is 16.3. The van der Waals surface area contributed by atoms with Crippen LogP contribution in [0.1, 0.15) is 29.8 Å². The molecule has 1 N–H and O–H groups in total. The molecule has 0 aliphatic rings. The lowest BCUT2D eigenvalue weighted by molar-refractivity contribution is 0.0518. The minimum Gasteiger partial charge on any atom is -0.380 e. The molecule has 130 valence electrons. The molecule has 26 heavy (non-hydrogen) atoms. The molecular weight excluding hydrogens is 320 g/mol. The van der Waals surface area contributed by atoms with E-state index in [0.717, 1.165) is 28.0 Å². The molecule has 4 aromatic rings. The van der Waals surface area contributed by atoms with Crippen LogP contribution in [0.5, 0.6) is 0 Å². The number of para-hydroxylation sites is 2. The van der Waals surface area contributed by atoms with E-state index in [-0.39, 0.29) is 5.92 Å². The number of nitrogens with zero attached hydrogens (tertiary/aromatic N) is 2. The van der Waals surface area contributed by atoms with E-state index >= 15 is 0 Å². The second-order valence-electron chi connectivity index (χ2n) is 6.74. The van der Waals surface area contributed by atoms with Gasteiger partial charge in [0.25, 0.3) is 0 Å². The van der Waals surface area contributed by atoms with E-state index in [1.54, 1.807) is 0 Å². The normalized spacial score (nSPS) is 13.0. The van der Waals surface area contributed by atoms with Crippen molar-refractivity contribution < 1.29 is 5.11 Å². The molecule has 0 radical (unpaired) electrons. The molecule has 0 aliphatic heterocycles. The fourth-order valence-electron chi connectivity index (χ4n) is 3.79. The quantitative estimate of drug-likeness (QED) is 0.588. The van der Waals surface area contributed by atoms with E-state index < -0.39 is 5.60 Å². The SMILES string of the molecule is CC(c1nc2ccccc2n1C)C(O)(c1ccccc1)c1ccccc1. The van der Waals surface area contributed by atoms with Crippen LogP contribution in [0.25, 0.3) is 11.0 Å². The third kappa shape index (κ3) is 2.52. The van der Waals surface area contributed by atoms with Crippen LogP contribution in [0, 0.1) is 0 Å². The van der Waals surface area contributed by atoms with Crippen molar-refractivity contribution in [1.29, 1.82) is 0 Å². The van der Waals surface area contributed by atoms with Crippen LogP contribution >= 0.6 is 0 Å². The Hall–Kier alpha value is -2.91. The molecule has 1 heterocycles. The van der Waals surface area contributed by atoms with Gasteiger partial charge in [0.1, 0.15) is 11.4 Å². The monoisotopic (exact) mass is 342 g/mol. The molecule has 3 heteroatoms. The fraction of sp³-hybridized carbons (Fsp3) is 0.174. The number of aryl methyl sites for hydroxylation is 1. The van der Waals surface area contributed by atoms with Gasteiger partial charge in [0.05, 0.1) is 17.0 Å². The van der Waals surface area contributed by atoms with Gasteiger partial charge in [-0.2, -0.15) is 0 Å². The zero-order valence-electron chi connectivity index (χ0n) is 15.0. The lowest BCUT2D eigenvalue weighted by Crippen LogP contribution is -2.34. The average Bonchev–Trinajstić information content (AvgIpc) is 3.05. The van der Waals surface area contributed by atoms with Gasteiger partial charge in [-0.3, -0.25) is 0 Å². The van der Waals surface area contributed by atoms with Crippen molar-refractivity contribution in [2.45, 2.75) is 18.4 Å². The molecule has 0 saturated carbocycles. The Morgan fingerprint density at radius 3 is 1.85 bits per heavy atom. The number of fused-ring (bicyclic) bond motifs is 1. The van der Waals surface area contributed by atoms with Crippen molar-refractivity contribution in [1.82, 2.24) is 9.55 Å². The van der Waals surface area contributed by atoms with Crippen molar-refractivity contribution in [2.75, 3.05) is 0 Å². The summed E-state index contributed by atoms with van der Waals surface area (Å²) in [7, 11) is 2.01. The highest BCUT2D eigenvalue weighted by Crippen LogP contribution is 2.42. The summed E-state index contributed by atoms with van der Waals surface area (Å²) >= 11 is 0. The molecule has 0 amide bonds. The maximum atomic E-state index is 12.0. The van der Waals surface area contributed by atoms with E-state index in [1.165, 1.54) is 0 Å². The number of imidazole rings is 1. The Morgan fingerprint density at radius 1 is 0.808 bits per heavy atom. The topological polar surface area (TPSA) is 38.0 Å². The van der Waals surface area contributed by atoms with Crippen LogP contribution in [0.2, 0.25) is 0 Å². The molecule has 1 atom stereocenters. The molecule has 1 unspecified atom stereocenters. The molecule has 0 fully saturated rings. The molecule has 0 bridgehead atoms. The molecular formula is C23H22N2O. The Kier molecular flexibility index (Phi) is 4.09. The van der Waals surface area contributed by atoms with E-state index in [0.29, 0.717) is 0 Å². The van der Waals surface area contributed by atoms with E-state index in [9.17, 15) is 5.11 Å². The molecule has 0 spiro atoms. The molecule has 1 aromatic heterocycles. The zero-order chi connectivity index (χ0) is 18.1. The maximum Gasteiger partial charge on any atom is 0.124 e. The van der Waals surface area contributed by atoms with Crippen molar-refractivity contribution >= 4 is 11.0 Å². The standard InChI is InChI=1S/C23H22N2O/c1-17(22-24-20-15-9-10-16-21(20)25(22)2)23(26,18-11-5-3-6-12-18)19-13-7-4-8-14-19/h3-17,26H,1-2H3. The number of hydrogen-bond donors (Lipinski definition) is 1. The van der Waals surface area contributed by atoms with Crippen LogP contribution in [0.3, 0.4) is 0 Å². The lowest BCUT2D eigenvalue weighted by atomic mass is 9.76. The van der Waals surface area contributed by atoms with E-state index in [4.69, 9.17) is 4.98 Å². The van der Waals surface area contributed by atoms with Gasteiger partial charge >= 0.3 is 0 Å². The van der Waals surface area contributed by atoms with Gasteiger partial charge in [0.15, 0.2) is 0 Å².